The number of esters is 6. The monoisotopic (exact) mass is 1900 g/mol. The van der Waals surface area contributed by atoms with Crippen molar-refractivity contribution in [3.8, 4) is 0 Å². The molecule has 5 fully saturated rings. The Kier molecular flexibility index (Phi) is 47.9. The molecule has 3 N–H and O–H groups in total. The van der Waals surface area contributed by atoms with Gasteiger partial charge < -0.3 is 91.5 Å². The summed E-state index contributed by atoms with van der Waals surface area (Å²) in [6.07, 6.45) is -5.69. The van der Waals surface area contributed by atoms with Gasteiger partial charge >= 0.3 is 165 Å². The maximum absolute atomic E-state index is 11.6. The van der Waals surface area contributed by atoms with E-state index < -0.39 is 138 Å². The van der Waals surface area contributed by atoms with Crippen LogP contribution in [-0.4, -0.2) is 251 Å². The van der Waals surface area contributed by atoms with E-state index in [1.807, 2.05) is 12.1 Å². The molecule has 5 heterocycles. The molecule has 34 nitrogen and oxygen atoms in total. The van der Waals surface area contributed by atoms with Crippen LogP contribution in [0.1, 0.15) is 76.1 Å². The van der Waals surface area contributed by atoms with Crippen LogP contribution < -0.4 is 18.9 Å². The second-order valence-electron chi connectivity index (χ2n) is 21.3. The van der Waals surface area contributed by atoms with Gasteiger partial charge in [0.25, 0.3) is 0 Å². The number of aliphatic hydroxyl groups excluding tert-OH is 1. The molecule has 0 spiro atoms. The van der Waals surface area contributed by atoms with Crippen LogP contribution in [0.2, 0.25) is 19.6 Å². The van der Waals surface area contributed by atoms with E-state index in [1.165, 1.54) is 14.0 Å². The van der Waals surface area contributed by atoms with Crippen molar-refractivity contribution in [3.05, 3.63) is 144 Å². The number of methoxy groups -OCH3 is 1. The molecule has 0 aliphatic carbocycles. The maximum Gasteiger partial charge on any atom is 1.00 e. The van der Waals surface area contributed by atoms with E-state index in [0.717, 1.165) is 27.7 Å². The Morgan fingerprint density at radius 3 is 1.05 bits per heavy atom. The number of halogens is 2. The van der Waals surface area contributed by atoms with Crippen molar-refractivity contribution in [1.82, 2.24) is 0 Å². The molecular formula is C64H80BI2LiO34PbSi. The van der Waals surface area contributed by atoms with Gasteiger partial charge in [0.1, 0.15) is 50.6 Å². The Balaban J connectivity index is 0.000000620. The fourth-order valence-corrected chi connectivity index (χ4v) is 14.3. The fourth-order valence-electron chi connectivity index (χ4n) is 7.36. The molecule has 2 radical (unpaired) electrons. The molecule has 5 aliphatic rings. The first-order chi connectivity index (χ1) is 48.3. The van der Waals surface area contributed by atoms with Crippen molar-refractivity contribution in [2.24, 2.45) is 0 Å². The van der Waals surface area contributed by atoms with E-state index in [4.69, 9.17) is 89.1 Å². The standard InChI is InChI=1S/2C13H14O6.C12H12O6.C11H11IO4.C4H7BO3.C3H9ISi.4C2H4O2.Li.H2O.Pb/c1-16-13(15)10-7-17-11(19-10)8-18-12(14)9-5-3-2-4-6-9;1-9(14)18-12-8-16-11(19-12)7-17-13(15)10-5-3-2-4-6-10;13-11(14)9-6-16-10(18-9)7-17-12(15)8-4-2-1-3-5-8;12-9-6-14-10(16-9)7-15-11(13)8-4-2-1-3-5-8;5-3-2-7-4(1-6)8-3;1-5(2,3)4;4*1-2(3)4;;;/h2-6,10-11H,7-8H2,1H3;2-6,11-12H,7-8H2,1H3;1-5,9-10H,6-7H2,(H,13,14);1-5,9-10H,6-7H2;3-4,6H,1-2H2;1-3H3;4*1H3,(H,3,4);;1H2;/q;;;;;;;;;;+1;;+4/p-5/t10-,11-;11-,12-;9-,10-;9?,10-;3-,4-;;;;;;;;/m00000......../s1. The number of hydrogen-bond acceptors (Lipinski definition) is 33. The molecule has 0 saturated carbocycles. The summed E-state index contributed by atoms with van der Waals surface area (Å²) in [5, 5.41) is 17.1. The molecule has 0 amide bonds. The first-order valence-electron chi connectivity index (χ1n) is 30.5. The first-order valence-corrected chi connectivity index (χ1v) is 44.7. The quantitative estimate of drug-likeness (QED) is 0.0319. The number of aliphatic hydroxyl groups is 1. The molecule has 5 aliphatic heterocycles. The number of hydrogen-bond donors (Lipinski definition) is 2. The number of carboxylic acid groups (broad SMARTS) is 1. The second kappa shape index (κ2) is 52.0. The first kappa shape index (κ1) is 95.8. The van der Waals surface area contributed by atoms with Gasteiger partial charge in [0.05, 0.1) is 62.4 Å². The van der Waals surface area contributed by atoms with Gasteiger partial charge in [-0.05, 0) is 71.1 Å². The molecule has 40 heteroatoms. The Morgan fingerprint density at radius 1 is 0.471 bits per heavy atom. The SMILES string of the molecule is CC(=O)O[C@@H]1CO[C@H](COC(=O)c2ccccc2)O1.CC(=O)[O][Pb]([O]C(C)=O)([O]C(C)=O)[O]C(C)=O.COC(=O)[C@@H]1CO[C@H](COC(=O)c2ccccc2)O1.C[Si](C)(C)I.O=C(OC[C@H]1OCC(I)O1)c1ccccc1.O=C(OC[C@H]1OC[C@@H](C(=O)O)O1)c1ccccc1.[B][C@@H]1CO[C@H](CO)O1.[Li+].[OH-]. The van der Waals surface area contributed by atoms with Crippen molar-refractivity contribution in [2.75, 3.05) is 73.2 Å². The number of carbonyl (C=O) groups excluding carboxylic acids is 10. The average Bonchev–Trinajstić information content (AvgIpc) is 1.12. The van der Waals surface area contributed by atoms with E-state index in [2.05, 4.69) is 79.5 Å². The van der Waals surface area contributed by atoms with E-state index in [-0.39, 0.29) is 93.3 Å². The minimum Gasteiger partial charge on any atom is -0.870 e. The van der Waals surface area contributed by atoms with Crippen LogP contribution in [0.25, 0.3) is 0 Å². The van der Waals surface area contributed by atoms with Crippen molar-refractivity contribution < 1.29 is 174 Å². The molecule has 0 bridgehead atoms. The molecule has 1 unspecified atom stereocenters. The predicted molar refractivity (Wildman–Crippen MR) is 370 cm³/mol. The van der Waals surface area contributed by atoms with E-state index in [1.54, 1.807) is 109 Å². The Bertz CT molecular complexity index is 3190. The average molecular weight is 1900 g/mol. The zero-order valence-electron chi connectivity index (χ0n) is 58.2. The summed E-state index contributed by atoms with van der Waals surface area (Å²) in [5.74, 6) is -7.33. The van der Waals surface area contributed by atoms with E-state index in [9.17, 15) is 52.7 Å². The predicted octanol–water partition coefficient (Wildman–Crippen LogP) is 2.11. The third-order valence-corrected chi connectivity index (χ3v) is 20.4. The van der Waals surface area contributed by atoms with Gasteiger partial charge in [-0.3, -0.25) is 4.79 Å². The van der Waals surface area contributed by atoms with Crippen molar-refractivity contribution in [3.63, 3.8) is 0 Å². The Hall–Kier alpha value is -6.17. The molecule has 0 aromatic heterocycles. The van der Waals surface area contributed by atoms with Crippen LogP contribution in [0.15, 0.2) is 121 Å². The number of carboxylic acids is 1. The minimum absolute atomic E-state index is 0. The van der Waals surface area contributed by atoms with Gasteiger partial charge in [-0.2, -0.15) is 0 Å². The van der Waals surface area contributed by atoms with Crippen molar-refractivity contribution in [2.45, 2.75) is 114 Å². The summed E-state index contributed by atoms with van der Waals surface area (Å²) in [7, 11) is 6.51. The van der Waals surface area contributed by atoms with Crippen LogP contribution in [0.3, 0.4) is 0 Å². The van der Waals surface area contributed by atoms with Gasteiger partial charge in [0.15, 0.2) is 43.7 Å². The minimum atomic E-state index is -5.43. The van der Waals surface area contributed by atoms with Crippen LogP contribution in [0.5, 0.6) is 0 Å². The summed E-state index contributed by atoms with van der Waals surface area (Å²) >= 11 is -0.783. The number of carbonyl (C=O) groups is 11. The summed E-state index contributed by atoms with van der Waals surface area (Å²) in [6, 6.07) is 34.2. The summed E-state index contributed by atoms with van der Waals surface area (Å²) in [6.45, 7) is 13.1. The largest absolute Gasteiger partial charge is 1.00 e. The van der Waals surface area contributed by atoms with Crippen LogP contribution >= 0.6 is 44.4 Å². The zero-order chi connectivity index (χ0) is 75.8. The number of alkyl halides is 1. The number of rotatable bonds is 20. The Morgan fingerprint density at radius 2 is 0.779 bits per heavy atom. The number of benzene rings is 4. The molecule has 9 rings (SSSR count). The zero-order valence-corrected chi connectivity index (χ0v) is 67.4. The van der Waals surface area contributed by atoms with Crippen LogP contribution in [0.4, 0.5) is 0 Å². The normalized spacial score (nSPS) is 20.8. The van der Waals surface area contributed by atoms with Crippen molar-refractivity contribution in [1.29, 1.82) is 0 Å². The molecule has 4 aromatic carbocycles. The van der Waals surface area contributed by atoms with Gasteiger partial charge in [-0.1, -0.05) is 92.4 Å². The number of aliphatic carboxylic acids is 1. The molecule has 104 heavy (non-hydrogen) atoms. The summed E-state index contributed by atoms with van der Waals surface area (Å²) in [5.41, 5.74) is 1.22. The maximum atomic E-state index is 11.6. The van der Waals surface area contributed by atoms with Crippen LogP contribution in [0, 0.1) is 0 Å². The third-order valence-electron chi connectivity index (χ3n) is 11.4. The van der Waals surface area contributed by atoms with E-state index >= 15 is 0 Å². The van der Waals surface area contributed by atoms with E-state index in [0.29, 0.717) is 35.5 Å². The molecule has 4 aromatic rings. The molecular weight excluding hydrogens is 1820 g/mol. The fraction of sp³-hybridized carbons (Fsp3) is 0.453. The Labute approximate surface area is 646 Å². The summed E-state index contributed by atoms with van der Waals surface area (Å²) < 4.78 is 99.0. The summed E-state index contributed by atoms with van der Waals surface area (Å²) in [4.78, 5) is 122. The van der Waals surface area contributed by atoms with Crippen molar-refractivity contribution >= 4 is 146 Å². The molecule has 10 atom stereocenters. The second-order valence-corrected chi connectivity index (χ2v) is 43.6. The molecule has 5 saturated heterocycles. The van der Waals surface area contributed by atoms with Crippen LogP contribution in [-0.2, 0) is 120 Å². The van der Waals surface area contributed by atoms with Gasteiger partial charge in [-0.25, -0.2) is 28.8 Å². The van der Waals surface area contributed by atoms with Gasteiger partial charge in [0, 0.05) is 12.9 Å². The van der Waals surface area contributed by atoms with Gasteiger partial charge in [0.2, 0.25) is 6.29 Å². The molecule has 566 valence electrons. The topological polar surface area (TPSA) is 443 Å². The van der Waals surface area contributed by atoms with Gasteiger partial charge in [-0.15, -0.1) is 21.8 Å². The third kappa shape index (κ3) is 42.2. The smallest absolute Gasteiger partial charge is 0.870 e. The number of ether oxygens (including phenoxy) is 16.